The summed E-state index contributed by atoms with van der Waals surface area (Å²) >= 11 is 0. The third kappa shape index (κ3) is 3.52. The first-order valence-corrected chi connectivity index (χ1v) is 10.3. The lowest BCUT2D eigenvalue weighted by molar-refractivity contribution is 0.356. The second kappa shape index (κ2) is 8.25. The molecule has 0 aliphatic heterocycles. The van der Waals surface area contributed by atoms with E-state index in [2.05, 4.69) is 22.1 Å². The fourth-order valence-electron chi connectivity index (χ4n) is 3.92. The average molecular weight is 441 g/mol. The molecule has 33 heavy (non-hydrogen) atoms. The van der Waals surface area contributed by atoms with Crippen molar-refractivity contribution in [3.63, 3.8) is 0 Å². The van der Waals surface area contributed by atoms with E-state index in [4.69, 9.17) is 13.9 Å². The van der Waals surface area contributed by atoms with Gasteiger partial charge < -0.3 is 18.9 Å². The molecule has 1 N–H and O–H groups in total. The number of nitriles is 2. The highest BCUT2D eigenvalue weighted by Crippen LogP contribution is 2.33. The first kappa shape index (κ1) is 21.8. The summed E-state index contributed by atoms with van der Waals surface area (Å²) in [7, 11) is 3.13. The minimum atomic E-state index is 0.372. The Morgan fingerprint density at radius 2 is 1.79 bits per heavy atom. The molecule has 0 aliphatic rings. The second-order valence-corrected chi connectivity index (χ2v) is 7.72. The molecule has 4 rings (SSSR count). The quantitative estimate of drug-likeness (QED) is 0.429. The smallest absolute Gasteiger partial charge is 0.222 e. The predicted molar refractivity (Wildman–Crippen MR) is 124 cm³/mol. The molecule has 0 spiro atoms. The van der Waals surface area contributed by atoms with Gasteiger partial charge in [0.2, 0.25) is 5.88 Å². The second-order valence-electron chi connectivity index (χ2n) is 7.72. The highest BCUT2D eigenvalue weighted by atomic mass is 16.5. The van der Waals surface area contributed by atoms with Crippen molar-refractivity contribution >= 4 is 22.7 Å². The molecule has 0 bridgehead atoms. The molecule has 0 aliphatic carbocycles. The van der Waals surface area contributed by atoms with E-state index in [1.807, 2.05) is 38.3 Å². The molecule has 0 atom stereocenters. The van der Waals surface area contributed by atoms with Gasteiger partial charge in [-0.25, -0.2) is 4.98 Å². The Balaban J connectivity index is 1.82. The number of hydrogen-bond acceptors (Lipinski definition) is 6. The number of aromatic nitrogens is 3. The Morgan fingerprint density at radius 3 is 2.42 bits per heavy atom. The Bertz CT molecular complexity index is 1460. The van der Waals surface area contributed by atoms with Crippen molar-refractivity contribution < 1.29 is 13.9 Å². The van der Waals surface area contributed by atoms with Crippen LogP contribution in [-0.4, -0.2) is 28.8 Å². The number of hydrogen-bond donors (Lipinski definition) is 1. The molecule has 0 fully saturated rings. The fourth-order valence-corrected chi connectivity index (χ4v) is 3.92. The third-order valence-electron chi connectivity index (χ3n) is 5.81. The maximum atomic E-state index is 9.88. The van der Waals surface area contributed by atoms with Crippen LogP contribution >= 0.6 is 0 Å². The Morgan fingerprint density at radius 1 is 1.09 bits per heavy atom. The highest BCUT2D eigenvalue weighted by Gasteiger charge is 2.21. The van der Waals surface area contributed by atoms with E-state index in [-0.39, 0.29) is 0 Å². The molecular weight excluding hydrogens is 418 g/mol. The lowest BCUT2D eigenvalue weighted by Gasteiger charge is -2.06. The molecular formula is C25H23N5O3. The lowest BCUT2D eigenvalue weighted by Crippen LogP contribution is -2.00. The largest absolute Gasteiger partial charge is 0.493 e. The van der Waals surface area contributed by atoms with E-state index in [9.17, 15) is 10.5 Å². The summed E-state index contributed by atoms with van der Waals surface area (Å²) in [5, 5.41) is 19.5. The lowest BCUT2D eigenvalue weighted by atomic mass is 10.1. The van der Waals surface area contributed by atoms with Crippen LogP contribution in [0, 0.1) is 50.4 Å². The van der Waals surface area contributed by atoms with Crippen molar-refractivity contribution in [1.82, 2.24) is 14.5 Å². The SMILES string of the molecule is COc1cc2nc(C(C#N)=Cc3cc(C)n(-c4oc(C)c(C)c4C#N)c3C)[nH]c2cc1OC. The highest BCUT2D eigenvalue weighted by molar-refractivity contribution is 5.91. The molecule has 0 saturated heterocycles. The Labute approximate surface area is 191 Å². The van der Waals surface area contributed by atoms with E-state index in [0.717, 1.165) is 28.0 Å². The van der Waals surface area contributed by atoms with Crippen LogP contribution in [0.1, 0.15) is 39.7 Å². The summed E-state index contributed by atoms with van der Waals surface area (Å²) in [6.07, 6.45) is 1.78. The standard InChI is InChI=1S/C25H23N5O3/c1-13-7-17(15(3)30(13)25-19(12-27)14(2)16(4)33-25)8-18(11-26)24-28-20-9-22(31-5)23(32-6)10-21(20)29-24/h7-10H,1-6H3,(H,28,29). The first-order chi connectivity index (χ1) is 15.8. The number of aromatic amines is 1. The molecule has 0 amide bonds. The van der Waals surface area contributed by atoms with Gasteiger partial charge in [-0.3, -0.25) is 4.57 Å². The topological polar surface area (TPSA) is 113 Å². The number of furan rings is 1. The fraction of sp³-hybridized carbons (Fsp3) is 0.240. The number of rotatable bonds is 5. The summed E-state index contributed by atoms with van der Waals surface area (Å²) in [6.45, 7) is 7.57. The number of nitrogens with one attached hydrogen (secondary N) is 1. The van der Waals surface area contributed by atoms with E-state index in [0.29, 0.717) is 45.6 Å². The summed E-state index contributed by atoms with van der Waals surface area (Å²) in [5.74, 6) is 2.77. The number of ether oxygens (including phenoxy) is 2. The van der Waals surface area contributed by atoms with Gasteiger partial charge in [0.05, 0.1) is 30.8 Å². The van der Waals surface area contributed by atoms with E-state index in [1.54, 1.807) is 32.4 Å². The molecule has 3 heterocycles. The van der Waals surface area contributed by atoms with E-state index >= 15 is 0 Å². The summed E-state index contributed by atoms with van der Waals surface area (Å²) in [6, 6.07) is 9.98. The summed E-state index contributed by atoms with van der Waals surface area (Å²) < 4.78 is 18.5. The van der Waals surface area contributed by atoms with Crippen molar-refractivity contribution in [2.24, 2.45) is 0 Å². The van der Waals surface area contributed by atoms with Gasteiger partial charge >= 0.3 is 0 Å². The third-order valence-corrected chi connectivity index (χ3v) is 5.81. The van der Waals surface area contributed by atoms with Crippen molar-refractivity contribution in [1.29, 1.82) is 10.5 Å². The Kier molecular flexibility index (Phi) is 5.45. The zero-order valence-corrected chi connectivity index (χ0v) is 19.3. The van der Waals surface area contributed by atoms with Crippen LogP contribution in [0.5, 0.6) is 11.5 Å². The van der Waals surface area contributed by atoms with Gasteiger partial charge in [-0.1, -0.05) is 0 Å². The van der Waals surface area contributed by atoms with Crippen LogP contribution in [0.2, 0.25) is 0 Å². The predicted octanol–water partition coefficient (Wildman–Crippen LogP) is 5.13. The van der Waals surface area contributed by atoms with Crippen LogP contribution in [-0.2, 0) is 0 Å². The zero-order chi connectivity index (χ0) is 23.9. The summed E-state index contributed by atoms with van der Waals surface area (Å²) in [4.78, 5) is 7.76. The van der Waals surface area contributed by atoms with Gasteiger partial charge in [-0.2, -0.15) is 10.5 Å². The number of H-pyrrole nitrogens is 1. The van der Waals surface area contributed by atoms with Gasteiger partial charge in [-0.15, -0.1) is 0 Å². The van der Waals surface area contributed by atoms with Crippen LogP contribution in [0.25, 0.3) is 28.6 Å². The van der Waals surface area contributed by atoms with E-state index in [1.165, 1.54) is 0 Å². The minimum absolute atomic E-state index is 0.372. The maximum absolute atomic E-state index is 9.88. The number of nitrogens with zero attached hydrogens (tertiary/aromatic N) is 4. The summed E-state index contributed by atoms with van der Waals surface area (Å²) in [5.41, 5.74) is 5.66. The van der Waals surface area contributed by atoms with Crippen molar-refractivity contribution in [3.8, 4) is 29.5 Å². The molecule has 0 saturated carbocycles. The number of benzene rings is 1. The molecule has 0 unspecified atom stereocenters. The van der Waals surface area contributed by atoms with Crippen LogP contribution in [0.4, 0.5) is 0 Å². The molecule has 8 nitrogen and oxygen atoms in total. The minimum Gasteiger partial charge on any atom is -0.493 e. The number of fused-ring (bicyclic) bond motifs is 1. The maximum Gasteiger partial charge on any atom is 0.222 e. The molecule has 1 aromatic carbocycles. The van der Waals surface area contributed by atoms with Crippen LogP contribution < -0.4 is 9.47 Å². The molecule has 8 heteroatoms. The van der Waals surface area contributed by atoms with Gasteiger partial charge in [0, 0.05) is 29.1 Å². The van der Waals surface area contributed by atoms with Crippen molar-refractivity contribution in [2.45, 2.75) is 27.7 Å². The first-order valence-electron chi connectivity index (χ1n) is 10.3. The number of aryl methyl sites for hydroxylation is 2. The average Bonchev–Trinajstić information content (AvgIpc) is 3.43. The van der Waals surface area contributed by atoms with Crippen LogP contribution in [0.15, 0.2) is 22.6 Å². The number of allylic oxidation sites excluding steroid dienone is 1. The molecule has 166 valence electrons. The van der Waals surface area contributed by atoms with Gasteiger partial charge in [0.15, 0.2) is 11.5 Å². The van der Waals surface area contributed by atoms with Crippen molar-refractivity contribution in [2.75, 3.05) is 14.2 Å². The van der Waals surface area contributed by atoms with Gasteiger partial charge in [0.1, 0.15) is 29.3 Å². The van der Waals surface area contributed by atoms with Gasteiger partial charge in [0.25, 0.3) is 0 Å². The number of methoxy groups -OCH3 is 2. The van der Waals surface area contributed by atoms with Gasteiger partial charge in [-0.05, 0) is 45.4 Å². The van der Waals surface area contributed by atoms with Crippen molar-refractivity contribution in [3.05, 3.63) is 57.9 Å². The molecule has 0 radical (unpaired) electrons. The monoisotopic (exact) mass is 441 g/mol. The Hall–Kier alpha value is -4.43. The molecule has 4 aromatic rings. The number of imidazole rings is 1. The zero-order valence-electron chi connectivity index (χ0n) is 19.3. The van der Waals surface area contributed by atoms with Crippen LogP contribution in [0.3, 0.4) is 0 Å². The normalized spacial score (nSPS) is 11.5. The molecule has 3 aromatic heterocycles. The van der Waals surface area contributed by atoms with E-state index < -0.39 is 0 Å².